The van der Waals surface area contributed by atoms with E-state index >= 15 is 0 Å². The number of carbonyl (C=O) groups is 2. The number of hydrogen-bond donors (Lipinski definition) is 2. The summed E-state index contributed by atoms with van der Waals surface area (Å²) in [6.07, 6.45) is 4.38. The van der Waals surface area contributed by atoms with E-state index in [9.17, 15) is 9.59 Å². The number of rotatable bonds is 3. The summed E-state index contributed by atoms with van der Waals surface area (Å²) in [7, 11) is 0. The normalized spacial score (nSPS) is 22.8. The zero-order chi connectivity index (χ0) is 13.8. The first-order valence-corrected chi connectivity index (χ1v) is 7.01. The largest absolute Gasteiger partial charge is 0.481 e. The van der Waals surface area contributed by atoms with Crippen molar-refractivity contribution >= 4 is 27.8 Å². The molecular formula is C13H15BrN2O3. The highest BCUT2D eigenvalue weighted by atomic mass is 79.9. The summed E-state index contributed by atoms with van der Waals surface area (Å²) in [5.41, 5.74) is 0.333. The van der Waals surface area contributed by atoms with Gasteiger partial charge in [0.2, 0.25) is 0 Å². The van der Waals surface area contributed by atoms with Gasteiger partial charge in [-0.05, 0) is 47.3 Å². The van der Waals surface area contributed by atoms with E-state index in [-0.39, 0.29) is 17.9 Å². The predicted molar refractivity (Wildman–Crippen MR) is 72.8 cm³/mol. The molecule has 1 aliphatic rings. The standard InChI is InChI=1S/C13H15BrN2O3/c14-10-5-2-6-15-11(10)12(17)16-9-4-1-3-8(7-9)13(18)19/h2,5-6,8-9H,1,3-4,7H2,(H,16,17)(H,18,19). The van der Waals surface area contributed by atoms with Gasteiger partial charge in [0.15, 0.2) is 0 Å². The third-order valence-corrected chi connectivity index (χ3v) is 3.97. The number of carboxylic acid groups (broad SMARTS) is 1. The monoisotopic (exact) mass is 326 g/mol. The minimum absolute atomic E-state index is 0.0868. The Hall–Kier alpha value is -1.43. The summed E-state index contributed by atoms with van der Waals surface area (Å²) >= 11 is 3.28. The second kappa shape index (κ2) is 6.14. The fraction of sp³-hybridized carbons (Fsp3) is 0.462. The van der Waals surface area contributed by atoms with Gasteiger partial charge in [-0.25, -0.2) is 4.98 Å². The third kappa shape index (κ3) is 3.53. The number of amides is 1. The molecule has 102 valence electrons. The summed E-state index contributed by atoms with van der Waals surface area (Å²) in [5, 5.41) is 11.9. The van der Waals surface area contributed by atoms with Crippen LogP contribution < -0.4 is 5.32 Å². The van der Waals surface area contributed by atoms with Crippen molar-refractivity contribution in [3.05, 3.63) is 28.5 Å². The zero-order valence-corrected chi connectivity index (χ0v) is 11.9. The Labute approximate surface area is 119 Å². The first kappa shape index (κ1) is 14.0. The second-order valence-electron chi connectivity index (χ2n) is 4.71. The molecule has 6 heteroatoms. The number of nitrogens with one attached hydrogen (secondary N) is 1. The fourth-order valence-corrected chi connectivity index (χ4v) is 2.79. The highest BCUT2D eigenvalue weighted by Crippen LogP contribution is 2.25. The van der Waals surface area contributed by atoms with Gasteiger partial charge in [-0.2, -0.15) is 0 Å². The minimum atomic E-state index is -0.780. The van der Waals surface area contributed by atoms with Gasteiger partial charge in [-0.15, -0.1) is 0 Å². The molecule has 5 nitrogen and oxygen atoms in total. The van der Waals surface area contributed by atoms with Gasteiger partial charge < -0.3 is 10.4 Å². The zero-order valence-electron chi connectivity index (χ0n) is 10.3. The van der Waals surface area contributed by atoms with Crippen LogP contribution >= 0.6 is 15.9 Å². The number of halogens is 1. The quantitative estimate of drug-likeness (QED) is 0.892. The molecule has 0 bridgehead atoms. The SMILES string of the molecule is O=C(NC1CCCC(C(=O)O)C1)c1ncccc1Br. The number of hydrogen-bond acceptors (Lipinski definition) is 3. The fourth-order valence-electron chi connectivity index (χ4n) is 2.35. The van der Waals surface area contributed by atoms with Crippen LogP contribution in [0.25, 0.3) is 0 Å². The van der Waals surface area contributed by atoms with Gasteiger partial charge in [-0.3, -0.25) is 9.59 Å². The third-order valence-electron chi connectivity index (χ3n) is 3.33. The van der Waals surface area contributed by atoms with Crippen LogP contribution in [0.15, 0.2) is 22.8 Å². The Bertz CT molecular complexity index is 493. The van der Waals surface area contributed by atoms with Crippen molar-refractivity contribution in [3.63, 3.8) is 0 Å². The lowest BCUT2D eigenvalue weighted by Crippen LogP contribution is -2.40. The maximum absolute atomic E-state index is 12.1. The van der Waals surface area contributed by atoms with E-state index in [0.29, 0.717) is 23.0 Å². The lowest BCUT2D eigenvalue weighted by Gasteiger charge is -2.27. The molecule has 19 heavy (non-hydrogen) atoms. The molecule has 1 amide bonds. The molecular weight excluding hydrogens is 312 g/mol. The summed E-state index contributed by atoms with van der Waals surface area (Å²) in [5.74, 6) is -1.40. The summed E-state index contributed by atoms with van der Waals surface area (Å²) in [4.78, 5) is 27.1. The summed E-state index contributed by atoms with van der Waals surface area (Å²) < 4.78 is 0.637. The van der Waals surface area contributed by atoms with Gasteiger partial charge in [0.25, 0.3) is 5.91 Å². The van der Waals surface area contributed by atoms with Crippen LogP contribution in [0.4, 0.5) is 0 Å². The molecule has 1 aromatic heterocycles. The van der Waals surface area contributed by atoms with Crippen LogP contribution in [0, 0.1) is 5.92 Å². The van der Waals surface area contributed by atoms with E-state index in [0.717, 1.165) is 12.8 Å². The first-order chi connectivity index (χ1) is 9.08. The molecule has 1 aromatic rings. The molecule has 1 aliphatic carbocycles. The van der Waals surface area contributed by atoms with Crippen molar-refractivity contribution in [3.8, 4) is 0 Å². The Morgan fingerprint density at radius 3 is 2.89 bits per heavy atom. The Kier molecular flexibility index (Phi) is 4.52. The number of aliphatic carboxylic acids is 1. The Morgan fingerprint density at radius 1 is 1.42 bits per heavy atom. The van der Waals surface area contributed by atoms with Crippen molar-refractivity contribution in [2.75, 3.05) is 0 Å². The summed E-state index contributed by atoms with van der Waals surface area (Å²) in [6, 6.07) is 3.40. The van der Waals surface area contributed by atoms with Gasteiger partial charge in [0.1, 0.15) is 5.69 Å². The number of pyridine rings is 1. The number of carboxylic acids is 1. The lowest BCUT2D eigenvalue weighted by molar-refractivity contribution is -0.143. The molecule has 2 rings (SSSR count). The molecule has 0 spiro atoms. The molecule has 1 saturated carbocycles. The van der Waals surface area contributed by atoms with E-state index in [1.54, 1.807) is 18.3 Å². The van der Waals surface area contributed by atoms with Crippen molar-refractivity contribution in [1.29, 1.82) is 0 Å². The molecule has 0 aliphatic heterocycles. The van der Waals surface area contributed by atoms with Crippen LogP contribution in [0.5, 0.6) is 0 Å². The molecule has 2 N–H and O–H groups in total. The van der Waals surface area contributed by atoms with Crippen LogP contribution in [0.3, 0.4) is 0 Å². The maximum atomic E-state index is 12.1. The minimum Gasteiger partial charge on any atom is -0.481 e. The number of carbonyl (C=O) groups excluding carboxylic acids is 1. The Morgan fingerprint density at radius 2 is 2.21 bits per heavy atom. The number of nitrogens with zero attached hydrogens (tertiary/aromatic N) is 1. The van der Waals surface area contributed by atoms with Crippen LogP contribution in [0.2, 0.25) is 0 Å². The lowest BCUT2D eigenvalue weighted by atomic mass is 9.86. The molecule has 0 saturated heterocycles. The van der Waals surface area contributed by atoms with E-state index in [1.807, 2.05) is 0 Å². The average Bonchev–Trinajstić information content (AvgIpc) is 2.39. The molecule has 1 fully saturated rings. The average molecular weight is 327 g/mol. The van der Waals surface area contributed by atoms with Gasteiger partial charge in [0, 0.05) is 16.7 Å². The molecule has 0 aromatic carbocycles. The molecule has 2 atom stereocenters. The molecule has 0 radical (unpaired) electrons. The van der Waals surface area contributed by atoms with E-state index < -0.39 is 5.97 Å². The smallest absolute Gasteiger partial charge is 0.306 e. The van der Waals surface area contributed by atoms with Crippen molar-refractivity contribution in [2.24, 2.45) is 5.92 Å². The summed E-state index contributed by atoms with van der Waals surface area (Å²) in [6.45, 7) is 0. The van der Waals surface area contributed by atoms with E-state index in [2.05, 4.69) is 26.2 Å². The van der Waals surface area contributed by atoms with Crippen molar-refractivity contribution in [1.82, 2.24) is 10.3 Å². The van der Waals surface area contributed by atoms with Crippen LogP contribution in [-0.2, 0) is 4.79 Å². The molecule has 2 unspecified atom stereocenters. The number of aromatic nitrogens is 1. The van der Waals surface area contributed by atoms with Crippen molar-refractivity contribution in [2.45, 2.75) is 31.7 Å². The van der Waals surface area contributed by atoms with Crippen molar-refractivity contribution < 1.29 is 14.7 Å². The van der Waals surface area contributed by atoms with Crippen LogP contribution in [-0.4, -0.2) is 28.0 Å². The Balaban J connectivity index is 1.99. The topological polar surface area (TPSA) is 79.3 Å². The van der Waals surface area contributed by atoms with Gasteiger partial charge in [-0.1, -0.05) is 6.42 Å². The van der Waals surface area contributed by atoms with E-state index in [1.165, 1.54) is 0 Å². The highest BCUT2D eigenvalue weighted by molar-refractivity contribution is 9.10. The predicted octanol–water partition coefficient (Wildman–Crippen LogP) is 2.22. The first-order valence-electron chi connectivity index (χ1n) is 6.22. The van der Waals surface area contributed by atoms with Crippen LogP contribution in [0.1, 0.15) is 36.2 Å². The van der Waals surface area contributed by atoms with Gasteiger partial charge >= 0.3 is 5.97 Å². The highest BCUT2D eigenvalue weighted by Gasteiger charge is 2.28. The van der Waals surface area contributed by atoms with E-state index in [4.69, 9.17) is 5.11 Å². The molecule has 1 heterocycles. The van der Waals surface area contributed by atoms with Gasteiger partial charge in [0.05, 0.1) is 5.92 Å². The maximum Gasteiger partial charge on any atom is 0.306 e. The second-order valence-corrected chi connectivity index (χ2v) is 5.56.